The highest BCUT2D eigenvalue weighted by molar-refractivity contribution is 7.70. The van der Waals surface area contributed by atoms with Crippen LogP contribution < -0.4 is 15.9 Å². The Kier molecular flexibility index (Phi) is 8.57. The molecule has 0 saturated heterocycles. The van der Waals surface area contributed by atoms with Crippen molar-refractivity contribution in [2.75, 3.05) is 18.6 Å². The van der Waals surface area contributed by atoms with Gasteiger partial charge >= 0.3 is 6.18 Å². The summed E-state index contributed by atoms with van der Waals surface area (Å²) >= 11 is 1.42. The molecule has 2 aromatic carbocycles. The highest BCUT2D eigenvalue weighted by Gasteiger charge is 2.30. The van der Waals surface area contributed by atoms with Crippen molar-refractivity contribution in [3.05, 3.63) is 88.7 Å². The van der Waals surface area contributed by atoms with E-state index in [4.69, 9.17) is 4.99 Å². The topological polar surface area (TPSA) is 78.7 Å². The minimum absolute atomic E-state index is 0.0531. The summed E-state index contributed by atoms with van der Waals surface area (Å²) in [4.78, 5) is 14.6. The number of aliphatic imine (C=N–C) groups is 2. The largest absolute Gasteiger partial charge is 0.416 e. The van der Waals surface area contributed by atoms with Crippen molar-refractivity contribution < 1.29 is 17.7 Å². The van der Waals surface area contributed by atoms with E-state index in [1.54, 1.807) is 37.7 Å². The molecule has 0 fully saturated rings. The lowest BCUT2D eigenvalue weighted by Gasteiger charge is -2.19. The number of rotatable bonds is 6. The zero-order valence-electron chi connectivity index (χ0n) is 22.0. The van der Waals surface area contributed by atoms with Gasteiger partial charge < -0.3 is 15.2 Å². The Morgan fingerprint density at radius 2 is 1.90 bits per heavy atom. The average Bonchev–Trinajstić information content (AvgIpc) is 3.27. The van der Waals surface area contributed by atoms with Gasteiger partial charge in [0.15, 0.2) is 0 Å². The summed E-state index contributed by atoms with van der Waals surface area (Å²) in [5.74, 6) is 0.909. The number of thiazole rings is 1. The standard InChI is InChI=1S/C28H29F3N5OPS/c1-18-8-15-25(33-22-10-12-23(13-11-22)38(3,4)37)35-26(36-27-32-17-19(2)39-27)34-24(18)14-9-20-6-5-7-21(16-20)28(29,30)31/h5-7,9-18,33H,8H2,1-4H3,(H,32,35,36)/b14-9+,25-15+,34-24?. The van der Waals surface area contributed by atoms with Crippen molar-refractivity contribution in [2.24, 2.45) is 15.9 Å². The predicted octanol–water partition coefficient (Wildman–Crippen LogP) is 7.44. The zero-order valence-corrected chi connectivity index (χ0v) is 23.7. The summed E-state index contributed by atoms with van der Waals surface area (Å²) in [7, 11) is -2.36. The Labute approximate surface area is 229 Å². The second-order valence-electron chi connectivity index (χ2n) is 9.58. The summed E-state index contributed by atoms with van der Waals surface area (Å²) in [6, 6.07) is 12.6. The van der Waals surface area contributed by atoms with Crippen molar-refractivity contribution in [3.8, 4) is 0 Å². The summed E-state index contributed by atoms with van der Waals surface area (Å²) in [6.07, 6.45) is 3.27. The molecule has 2 heterocycles. The number of anilines is 1. The Bertz CT molecular complexity index is 1500. The molecule has 0 spiro atoms. The molecule has 1 aliphatic heterocycles. The molecule has 0 bridgehead atoms. The second-order valence-corrected chi connectivity index (χ2v) is 14.0. The third-order valence-corrected chi connectivity index (χ3v) is 8.25. The first-order valence-electron chi connectivity index (χ1n) is 12.2. The number of aryl methyl sites for hydroxylation is 1. The quantitative estimate of drug-likeness (QED) is 0.302. The Morgan fingerprint density at radius 1 is 1.15 bits per heavy atom. The van der Waals surface area contributed by atoms with Crippen LogP contribution in [0.15, 0.2) is 82.7 Å². The van der Waals surface area contributed by atoms with Gasteiger partial charge in [-0.1, -0.05) is 25.1 Å². The number of alkyl halides is 3. The van der Waals surface area contributed by atoms with Crippen LogP contribution in [-0.4, -0.2) is 30.0 Å². The van der Waals surface area contributed by atoms with Gasteiger partial charge in [-0.05, 0) is 80.8 Å². The summed E-state index contributed by atoms with van der Waals surface area (Å²) in [5, 5.41) is 7.88. The normalized spacial score (nSPS) is 19.2. The Balaban J connectivity index is 1.63. The predicted molar refractivity (Wildman–Crippen MR) is 156 cm³/mol. The summed E-state index contributed by atoms with van der Waals surface area (Å²) in [6.45, 7) is 7.39. The molecular weight excluding hydrogens is 542 g/mol. The van der Waals surface area contributed by atoms with Crippen molar-refractivity contribution in [2.45, 2.75) is 26.4 Å². The number of allylic oxidation sites excluding steroid dienone is 2. The second kappa shape index (κ2) is 11.7. The molecule has 2 N–H and O–H groups in total. The number of hydrogen-bond acceptors (Lipinski definition) is 5. The molecule has 204 valence electrons. The van der Waals surface area contributed by atoms with Gasteiger partial charge in [0, 0.05) is 33.7 Å². The van der Waals surface area contributed by atoms with E-state index in [1.165, 1.54) is 17.4 Å². The molecule has 39 heavy (non-hydrogen) atoms. The molecule has 1 aliphatic rings. The maximum atomic E-state index is 13.1. The van der Waals surface area contributed by atoms with Crippen LogP contribution in [0, 0.1) is 12.8 Å². The van der Waals surface area contributed by atoms with E-state index in [9.17, 15) is 17.7 Å². The molecule has 1 unspecified atom stereocenters. The lowest BCUT2D eigenvalue weighted by Crippen LogP contribution is -2.29. The maximum Gasteiger partial charge on any atom is 0.416 e. The molecule has 11 heteroatoms. The molecule has 0 amide bonds. The van der Waals surface area contributed by atoms with Crippen molar-refractivity contribution in [1.29, 1.82) is 0 Å². The van der Waals surface area contributed by atoms with E-state index < -0.39 is 18.9 Å². The van der Waals surface area contributed by atoms with Crippen LogP contribution in [0.4, 0.5) is 24.0 Å². The molecule has 0 radical (unpaired) electrons. The third kappa shape index (κ3) is 8.00. The van der Waals surface area contributed by atoms with E-state index in [1.807, 2.05) is 44.2 Å². The highest BCUT2D eigenvalue weighted by Crippen LogP contribution is 2.34. The average molecular weight is 572 g/mol. The number of nitrogens with one attached hydrogen (secondary N) is 2. The molecule has 1 aromatic heterocycles. The number of hydrogen-bond donors (Lipinski definition) is 2. The first kappa shape index (κ1) is 28.5. The number of guanidine groups is 1. The van der Waals surface area contributed by atoms with E-state index in [-0.39, 0.29) is 5.92 Å². The third-order valence-electron chi connectivity index (χ3n) is 5.90. The number of halogens is 3. The first-order chi connectivity index (χ1) is 18.4. The monoisotopic (exact) mass is 571 g/mol. The molecule has 6 nitrogen and oxygen atoms in total. The number of benzene rings is 2. The fourth-order valence-corrected chi connectivity index (χ4v) is 5.23. The fourth-order valence-electron chi connectivity index (χ4n) is 3.73. The maximum absolute atomic E-state index is 13.1. The molecule has 1 atom stereocenters. The Morgan fingerprint density at radius 3 is 2.54 bits per heavy atom. The van der Waals surface area contributed by atoms with Gasteiger partial charge in [-0.3, -0.25) is 0 Å². The Hall–Kier alpha value is -3.49. The van der Waals surface area contributed by atoms with E-state index in [0.29, 0.717) is 34.6 Å². The van der Waals surface area contributed by atoms with Crippen LogP contribution in [0.1, 0.15) is 29.3 Å². The molecule has 0 aliphatic carbocycles. The zero-order chi connectivity index (χ0) is 28.2. The van der Waals surface area contributed by atoms with E-state index in [0.717, 1.165) is 28.0 Å². The molecule has 3 aromatic rings. The van der Waals surface area contributed by atoms with Crippen LogP contribution >= 0.6 is 18.5 Å². The van der Waals surface area contributed by atoms with Crippen LogP contribution in [0.5, 0.6) is 0 Å². The minimum Gasteiger partial charge on any atom is -0.342 e. The number of nitrogens with zero attached hydrogens (tertiary/aromatic N) is 3. The van der Waals surface area contributed by atoms with Gasteiger partial charge in [0.25, 0.3) is 0 Å². The number of aromatic nitrogens is 1. The van der Waals surface area contributed by atoms with Crippen LogP contribution in [0.25, 0.3) is 6.08 Å². The summed E-state index contributed by atoms with van der Waals surface area (Å²) < 4.78 is 51.8. The summed E-state index contributed by atoms with van der Waals surface area (Å²) in [5.41, 5.74) is 1.19. The van der Waals surface area contributed by atoms with Gasteiger partial charge in [0.2, 0.25) is 11.1 Å². The van der Waals surface area contributed by atoms with Crippen LogP contribution in [0.3, 0.4) is 0 Å². The fraction of sp³-hybridized carbons (Fsp3) is 0.250. The van der Waals surface area contributed by atoms with Crippen LogP contribution in [-0.2, 0) is 10.7 Å². The lowest BCUT2D eigenvalue weighted by atomic mass is 9.99. The van der Waals surface area contributed by atoms with Gasteiger partial charge in [-0.15, -0.1) is 11.3 Å². The molecular formula is C28H29F3N5OPS. The molecule has 0 saturated carbocycles. The highest BCUT2D eigenvalue weighted by atomic mass is 32.1. The SMILES string of the molecule is Cc1cnc(N=C2N=C(/C=C/c3cccc(C(F)(F)F)c3)C(C)C/C=C(\Nc3ccc(P(C)(C)=O)cc3)N2)s1. The first-order valence-corrected chi connectivity index (χ1v) is 15.6. The minimum atomic E-state index is -4.41. The lowest BCUT2D eigenvalue weighted by molar-refractivity contribution is -0.137. The van der Waals surface area contributed by atoms with Crippen molar-refractivity contribution in [1.82, 2.24) is 10.3 Å². The van der Waals surface area contributed by atoms with Gasteiger partial charge in [-0.2, -0.15) is 18.2 Å². The van der Waals surface area contributed by atoms with Gasteiger partial charge in [0.05, 0.1) is 5.56 Å². The van der Waals surface area contributed by atoms with Crippen molar-refractivity contribution in [3.63, 3.8) is 0 Å². The van der Waals surface area contributed by atoms with Gasteiger partial charge in [-0.25, -0.2) is 9.98 Å². The van der Waals surface area contributed by atoms with Crippen LogP contribution in [0.2, 0.25) is 0 Å². The smallest absolute Gasteiger partial charge is 0.342 e. The van der Waals surface area contributed by atoms with E-state index in [2.05, 4.69) is 20.6 Å². The van der Waals surface area contributed by atoms with Crippen molar-refractivity contribution >= 4 is 52.3 Å². The van der Waals surface area contributed by atoms with Gasteiger partial charge in [0.1, 0.15) is 13.0 Å². The molecule has 4 rings (SSSR count). The van der Waals surface area contributed by atoms with E-state index >= 15 is 0 Å².